The molecule has 0 aromatic heterocycles. The third-order valence-electron chi connectivity index (χ3n) is 1.17. The molecule has 1 aliphatic rings. The number of thioether (sulfide) groups is 1. The molecule has 12 heavy (non-hydrogen) atoms. The summed E-state index contributed by atoms with van der Waals surface area (Å²) in [6.45, 7) is 0. The van der Waals surface area contributed by atoms with Gasteiger partial charge in [-0.2, -0.15) is 8.42 Å². The van der Waals surface area contributed by atoms with Gasteiger partial charge in [0, 0.05) is 6.08 Å². The molecule has 0 saturated heterocycles. The highest BCUT2D eigenvalue weighted by atomic mass is 32.2. The summed E-state index contributed by atoms with van der Waals surface area (Å²) < 4.78 is 25.1. The van der Waals surface area contributed by atoms with Gasteiger partial charge in [0.05, 0.1) is 0 Å². The molecule has 1 heterocycles. The average molecular weight is 206 g/mol. The van der Waals surface area contributed by atoms with Crippen LogP contribution in [0, 0.1) is 0 Å². The normalized spacial score (nSPS) is 20.1. The molecule has 1 aliphatic heterocycles. The van der Waals surface area contributed by atoms with Gasteiger partial charge in [-0.1, -0.05) is 11.8 Å². The fourth-order valence-electron chi connectivity index (χ4n) is 0.688. The zero-order chi connectivity index (χ0) is 9.35. The summed E-state index contributed by atoms with van der Waals surface area (Å²) in [5.41, 5.74) is 5.13. The third-order valence-corrected chi connectivity index (χ3v) is 3.20. The third kappa shape index (κ3) is 1.51. The minimum atomic E-state index is -3.79. The van der Waals surface area contributed by atoms with E-state index in [2.05, 4.69) is 4.40 Å². The molecule has 0 aromatic rings. The largest absolute Gasteiger partial charge is 0.383 e. The van der Waals surface area contributed by atoms with Gasteiger partial charge >= 0.3 is 0 Å². The van der Waals surface area contributed by atoms with Crippen LogP contribution in [0.5, 0.6) is 0 Å². The molecule has 0 aliphatic carbocycles. The summed E-state index contributed by atoms with van der Waals surface area (Å²) >= 11 is 0.811. The standard InChI is InChI=1S/C5H6N2O3S2/c1-11-5(8)3-2-4(6)7-12(3,9)10/h2H,1H3,(H2,6,7). The summed E-state index contributed by atoms with van der Waals surface area (Å²) in [6, 6.07) is 0. The topological polar surface area (TPSA) is 89.6 Å². The fourth-order valence-corrected chi connectivity index (χ4v) is 2.42. The van der Waals surface area contributed by atoms with Gasteiger partial charge < -0.3 is 5.73 Å². The van der Waals surface area contributed by atoms with Crippen LogP contribution < -0.4 is 5.73 Å². The SMILES string of the molecule is CSC(=O)C1=CC(N)=NS1(=O)=O. The lowest BCUT2D eigenvalue weighted by Gasteiger charge is -1.93. The molecule has 0 fully saturated rings. The highest BCUT2D eigenvalue weighted by Crippen LogP contribution is 2.20. The minimum absolute atomic E-state index is 0.146. The summed E-state index contributed by atoms with van der Waals surface area (Å²) in [5, 5.41) is -0.542. The number of hydrogen-bond acceptors (Lipinski definition) is 5. The van der Waals surface area contributed by atoms with E-state index in [0.717, 1.165) is 17.8 Å². The van der Waals surface area contributed by atoms with Crippen LogP contribution in [0.15, 0.2) is 15.4 Å². The average Bonchev–Trinajstić information content (AvgIpc) is 2.23. The Morgan fingerprint density at radius 2 is 2.25 bits per heavy atom. The summed E-state index contributed by atoms with van der Waals surface area (Å²) in [4.78, 5) is 10.6. The first-order chi connectivity index (χ1) is 5.47. The van der Waals surface area contributed by atoms with Crippen molar-refractivity contribution in [3.8, 4) is 0 Å². The molecule has 0 unspecified atom stereocenters. The number of carbonyl (C=O) groups is 1. The lowest BCUT2D eigenvalue weighted by Crippen LogP contribution is -2.04. The van der Waals surface area contributed by atoms with Gasteiger partial charge in [0.15, 0.2) is 0 Å². The zero-order valence-corrected chi connectivity index (χ0v) is 7.78. The molecule has 1 rings (SSSR count). The Morgan fingerprint density at radius 3 is 2.58 bits per heavy atom. The molecule has 2 N–H and O–H groups in total. The molecule has 0 spiro atoms. The predicted molar refractivity (Wildman–Crippen MR) is 47.1 cm³/mol. The van der Waals surface area contributed by atoms with Crippen LogP contribution in [0.1, 0.15) is 0 Å². The second-order valence-electron chi connectivity index (χ2n) is 1.99. The van der Waals surface area contributed by atoms with E-state index in [1.54, 1.807) is 0 Å². The molecular weight excluding hydrogens is 200 g/mol. The van der Waals surface area contributed by atoms with Crippen LogP contribution in [0.2, 0.25) is 0 Å². The number of carbonyl (C=O) groups excluding carboxylic acids is 1. The van der Waals surface area contributed by atoms with Gasteiger partial charge in [-0.25, -0.2) is 0 Å². The Hall–Kier alpha value is -0.820. The van der Waals surface area contributed by atoms with E-state index in [1.807, 2.05) is 0 Å². The summed E-state index contributed by atoms with van der Waals surface area (Å²) in [5.74, 6) is -0.146. The van der Waals surface area contributed by atoms with E-state index in [-0.39, 0.29) is 10.7 Å². The molecule has 7 heteroatoms. The Morgan fingerprint density at radius 1 is 1.67 bits per heavy atom. The van der Waals surface area contributed by atoms with Crippen LogP contribution in [-0.2, 0) is 14.8 Å². The molecule has 0 aromatic carbocycles. The Balaban J connectivity index is 3.14. The molecular formula is C5H6N2O3S2. The van der Waals surface area contributed by atoms with Crippen molar-refractivity contribution >= 4 is 32.7 Å². The number of rotatable bonds is 1. The van der Waals surface area contributed by atoms with Crippen LogP contribution in [0.3, 0.4) is 0 Å². The summed E-state index contributed by atoms with van der Waals surface area (Å²) in [7, 11) is -3.79. The zero-order valence-electron chi connectivity index (χ0n) is 6.14. The van der Waals surface area contributed by atoms with Gasteiger partial charge in [-0.3, -0.25) is 4.79 Å². The van der Waals surface area contributed by atoms with Crippen LogP contribution in [0.25, 0.3) is 0 Å². The number of amidine groups is 1. The lowest BCUT2D eigenvalue weighted by atomic mass is 10.5. The van der Waals surface area contributed by atoms with E-state index in [0.29, 0.717) is 0 Å². The Labute approximate surface area is 73.8 Å². The maximum absolute atomic E-state index is 11.0. The monoisotopic (exact) mass is 206 g/mol. The first-order valence-corrected chi connectivity index (χ1v) is 5.54. The Kier molecular flexibility index (Phi) is 2.25. The Bertz CT molecular complexity index is 379. The number of hydrogen-bond donors (Lipinski definition) is 1. The highest BCUT2D eigenvalue weighted by molar-refractivity contribution is 8.15. The molecule has 0 amide bonds. The van der Waals surface area contributed by atoms with Crippen LogP contribution in [0.4, 0.5) is 0 Å². The fraction of sp³-hybridized carbons (Fsp3) is 0.200. The van der Waals surface area contributed by atoms with E-state index in [4.69, 9.17) is 5.73 Å². The van der Waals surface area contributed by atoms with Gasteiger partial charge in [-0.05, 0) is 6.26 Å². The van der Waals surface area contributed by atoms with Crippen molar-refractivity contribution < 1.29 is 13.2 Å². The van der Waals surface area contributed by atoms with Crippen LogP contribution in [-0.4, -0.2) is 25.6 Å². The maximum Gasteiger partial charge on any atom is 0.288 e. The molecule has 0 bridgehead atoms. The van der Waals surface area contributed by atoms with Crippen LogP contribution >= 0.6 is 11.8 Å². The molecule has 0 saturated carbocycles. The van der Waals surface area contributed by atoms with E-state index in [1.165, 1.54) is 6.26 Å². The molecule has 5 nitrogen and oxygen atoms in total. The van der Waals surface area contributed by atoms with E-state index < -0.39 is 15.1 Å². The number of sulfonamides is 1. The number of nitrogens with zero attached hydrogens (tertiary/aromatic N) is 1. The second-order valence-corrected chi connectivity index (χ2v) is 4.34. The van der Waals surface area contributed by atoms with Gasteiger partial charge in [0.25, 0.3) is 10.0 Å². The second kappa shape index (κ2) is 2.91. The van der Waals surface area contributed by atoms with Gasteiger partial charge in [-0.15, -0.1) is 4.40 Å². The van der Waals surface area contributed by atoms with Crippen molar-refractivity contribution in [3.63, 3.8) is 0 Å². The smallest absolute Gasteiger partial charge is 0.288 e. The lowest BCUT2D eigenvalue weighted by molar-refractivity contribution is -0.107. The van der Waals surface area contributed by atoms with Crippen molar-refractivity contribution in [2.24, 2.45) is 10.1 Å². The van der Waals surface area contributed by atoms with Crippen molar-refractivity contribution in [3.05, 3.63) is 11.0 Å². The van der Waals surface area contributed by atoms with Crippen molar-refractivity contribution in [2.75, 3.05) is 6.26 Å². The van der Waals surface area contributed by atoms with Crippen molar-refractivity contribution in [1.29, 1.82) is 0 Å². The first-order valence-electron chi connectivity index (χ1n) is 2.88. The molecule has 0 radical (unpaired) electrons. The van der Waals surface area contributed by atoms with Gasteiger partial charge in [0.2, 0.25) is 5.12 Å². The molecule has 0 atom stereocenters. The quantitative estimate of drug-likeness (QED) is 0.622. The minimum Gasteiger partial charge on any atom is -0.383 e. The molecule has 66 valence electrons. The summed E-state index contributed by atoms with van der Waals surface area (Å²) in [6.07, 6.45) is 2.56. The van der Waals surface area contributed by atoms with Crippen molar-refractivity contribution in [1.82, 2.24) is 0 Å². The number of nitrogens with two attached hydrogens (primary N) is 1. The first kappa shape index (κ1) is 9.27. The maximum atomic E-state index is 11.0. The van der Waals surface area contributed by atoms with Crippen molar-refractivity contribution in [2.45, 2.75) is 0 Å². The highest BCUT2D eigenvalue weighted by Gasteiger charge is 2.28. The van der Waals surface area contributed by atoms with Gasteiger partial charge in [0.1, 0.15) is 10.7 Å². The van der Waals surface area contributed by atoms with E-state index in [9.17, 15) is 13.2 Å². The van der Waals surface area contributed by atoms with E-state index >= 15 is 0 Å². The predicted octanol–water partition coefficient (Wildman–Crippen LogP) is -0.539.